The van der Waals surface area contributed by atoms with Crippen molar-refractivity contribution in [2.45, 2.75) is 0 Å². The van der Waals surface area contributed by atoms with Crippen molar-refractivity contribution in [1.82, 2.24) is 5.43 Å². The standard InChI is InChI=1S/C16H11BrCl2N2O/c17-12(8-11-4-2-1-3-5-11)10-20-21-16(22)14-7-6-13(18)9-15(14)19/h1-10H,(H,21,22)/b12-8-,20-10+. The van der Waals surface area contributed by atoms with E-state index in [0.29, 0.717) is 10.6 Å². The molecule has 0 aliphatic rings. The van der Waals surface area contributed by atoms with Gasteiger partial charge in [-0.25, -0.2) is 5.43 Å². The molecule has 2 rings (SSSR count). The molecule has 0 atom stereocenters. The topological polar surface area (TPSA) is 41.5 Å². The minimum Gasteiger partial charge on any atom is -0.267 e. The van der Waals surface area contributed by atoms with Crippen LogP contribution in [-0.4, -0.2) is 12.1 Å². The number of halogens is 3. The summed E-state index contributed by atoms with van der Waals surface area (Å²) < 4.78 is 0.723. The van der Waals surface area contributed by atoms with Crippen LogP contribution in [0.4, 0.5) is 0 Å². The smallest absolute Gasteiger partial charge is 0.267 e. The number of carbonyl (C=O) groups is 1. The van der Waals surface area contributed by atoms with Crippen LogP contribution in [0.2, 0.25) is 10.0 Å². The van der Waals surface area contributed by atoms with Gasteiger partial charge in [0, 0.05) is 9.51 Å². The fraction of sp³-hybridized carbons (Fsp3) is 0. The quantitative estimate of drug-likeness (QED) is 0.562. The lowest BCUT2D eigenvalue weighted by molar-refractivity contribution is 0.0955. The Labute approximate surface area is 146 Å². The van der Waals surface area contributed by atoms with Gasteiger partial charge >= 0.3 is 0 Å². The molecule has 0 heterocycles. The fourth-order valence-corrected chi connectivity index (χ4v) is 2.49. The van der Waals surface area contributed by atoms with Crippen molar-refractivity contribution in [3.05, 3.63) is 74.2 Å². The summed E-state index contributed by atoms with van der Waals surface area (Å²) in [4.78, 5) is 11.9. The lowest BCUT2D eigenvalue weighted by Gasteiger charge is -2.02. The summed E-state index contributed by atoms with van der Waals surface area (Å²) in [5.74, 6) is -0.405. The van der Waals surface area contributed by atoms with Crippen LogP contribution in [0.5, 0.6) is 0 Å². The highest BCUT2D eigenvalue weighted by atomic mass is 79.9. The van der Waals surface area contributed by atoms with Gasteiger partial charge < -0.3 is 0 Å². The molecule has 0 saturated carbocycles. The number of rotatable bonds is 4. The van der Waals surface area contributed by atoms with Gasteiger partial charge in [-0.3, -0.25) is 4.79 Å². The Balaban J connectivity index is 2.00. The Morgan fingerprint density at radius 3 is 2.55 bits per heavy atom. The molecule has 0 fully saturated rings. The molecule has 0 radical (unpaired) electrons. The van der Waals surface area contributed by atoms with Crippen molar-refractivity contribution in [2.75, 3.05) is 0 Å². The molecule has 3 nitrogen and oxygen atoms in total. The molecule has 0 bridgehead atoms. The second kappa shape index (κ2) is 8.13. The first-order valence-corrected chi connectivity index (χ1v) is 7.82. The molecule has 0 saturated heterocycles. The van der Waals surface area contributed by atoms with Crippen molar-refractivity contribution in [3.63, 3.8) is 0 Å². The van der Waals surface area contributed by atoms with E-state index in [1.807, 2.05) is 36.4 Å². The van der Waals surface area contributed by atoms with Gasteiger partial charge in [-0.05, 0) is 45.8 Å². The number of hydrogen-bond donors (Lipinski definition) is 1. The number of hydrogen-bond acceptors (Lipinski definition) is 2. The molecule has 22 heavy (non-hydrogen) atoms. The van der Waals surface area contributed by atoms with Crippen LogP contribution in [0.15, 0.2) is 58.1 Å². The molecule has 1 amide bonds. The lowest BCUT2D eigenvalue weighted by atomic mass is 10.2. The maximum absolute atomic E-state index is 11.9. The second-order valence-corrected chi connectivity index (χ2v) is 6.02. The monoisotopic (exact) mass is 396 g/mol. The highest BCUT2D eigenvalue weighted by molar-refractivity contribution is 9.12. The second-order valence-electron chi connectivity index (χ2n) is 4.26. The molecule has 2 aromatic carbocycles. The summed E-state index contributed by atoms with van der Waals surface area (Å²) in [6.45, 7) is 0. The molecule has 0 aromatic heterocycles. The number of carbonyl (C=O) groups excluding carboxylic acids is 1. The fourth-order valence-electron chi connectivity index (χ4n) is 1.63. The van der Waals surface area contributed by atoms with E-state index in [9.17, 15) is 4.79 Å². The SMILES string of the molecule is O=C(N/N=C/C(Br)=C/c1ccccc1)c1ccc(Cl)cc1Cl. The van der Waals surface area contributed by atoms with Gasteiger partial charge in [0.15, 0.2) is 0 Å². The predicted molar refractivity (Wildman–Crippen MR) is 95.8 cm³/mol. The minimum atomic E-state index is -0.405. The Morgan fingerprint density at radius 1 is 1.14 bits per heavy atom. The van der Waals surface area contributed by atoms with Crippen LogP contribution in [0, 0.1) is 0 Å². The first-order chi connectivity index (χ1) is 10.6. The average Bonchev–Trinajstić information content (AvgIpc) is 2.48. The van der Waals surface area contributed by atoms with Crippen LogP contribution >= 0.6 is 39.1 Å². The largest absolute Gasteiger partial charge is 0.272 e. The number of nitrogens with one attached hydrogen (secondary N) is 1. The average molecular weight is 398 g/mol. The molecule has 0 aliphatic heterocycles. The normalized spacial score (nSPS) is 11.7. The summed E-state index contributed by atoms with van der Waals surface area (Å²) in [6, 6.07) is 14.4. The Bertz CT molecular complexity index is 730. The summed E-state index contributed by atoms with van der Waals surface area (Å²) in [6.07, 6.45) is 3.37. The van der Waals surface area contributed by atoms with E-state index in [1.54, 1.807) is 12.1 Å². The predicted octanol–water partition coefficient (Wildman–Crippen LogP) is 5.15. The van der Waals surface area contributed by atoms with E-state index < -0.39 is 5.91 Å². The summed E-state index contributed by atoms with van der Waals surface area (Å²) in [5, 5.41) is 4.62. The number of nitrogens with zero attached hydrogens (tertiary/aromatic N) is 1. The molecule has 1 N–H and O–H groups in total. The first-order valence-electron chi connectivity index (χ1n) is 6.27. The van der Waals surface area contributed by atoms with Crippen LogP contribution in [0.25, 0.3) is 6.08 Å². The third-order valence-corrected chi connectivity index (χ3v) is 3.62. The molecular formula is C16H11BrCl2N2O. The highest BCUT2D eigenvalue weighted by Crippen LogP contribution is 2.20. The number of benzene rings is 2. The van der Waals surface area contributed by atoms with Gasteiger partial charge in [-0.15, -0.1) is 0 Å². The van der Waals surface area contributed by atoms with Gasteiger partial charge in [0.05, 0.1) is 16.8 Å². The van der Waals surface area contributed by atoms with Gasteiger partial charge in [-0.1, -0.05) is 53.5 Å². The van der Waals surface area contributed by atoms with E-state index in [-0.39, 0.29) is 5.02 Å². The van der Waals surface area contributed by atoms with E-state index in [2.05, 4.69) is 26.5 Å². The van der Waals surface area contributed by atoms with Crippen LogP contribution < -0.4 is 5.43 Å². The highest BCUT2D eigenvalue weighted by Gasteiger charge is 2.09. The zero-order valence-corrected chi connectivity index (χ0v) is 14.4. The Morgan fingerprint density at radius 2 is 1.86 bits per heavy atom. The van der Waals surface area contributed by atoms with Crippen molar-refractivity contribution < 1.29 is 4.79 Å². The molecule has 2 aromatic rings. The van der Waals surface area contributed by atoms with Crippen LogP contribution in [0.3, 0.4) is 0 Å². The third kappa shape index (κ3) is 4.98. The van der Waals surface area contributed by atoms with Crippen molar-refractivity contribution >= 4 is 57.3 Å². The molecular weight excluding hydrogens is 387 g/mol. The Kier molecular flexibility index (Phi) is 6.19. The lowest BCUT2D eigenvalue weighted by Crippen LogP contribution is -2.17. The van der Waals surface area contributed by atoms with Crippen molar-refractivity contribution in [3.8, 4) is 0 Å². The molecule has 0 spiro atoms. The Hall–Kier alpha value is -1.62. The number of allylic oxidation sites excluding steroid dienone is 1. The number of amides is 1. The van der Waals surface area contributed by atoms with Crippen LogP contribution in [0.1, 0.15) is 15.9 Å². The van der Waals surface area contributed by atoms with Gasteiger partial charge in [0.2, 0.25) is 0 Å². The van der Waals surface area contributed by atoms with Crippen molar-refractivity contribution in [1.29, 1.82) is 0 Å². The van der Waals surface area contributed by atoms with Gasteiger partial charge in [-0.2, -0.15) is 5.10 Å². The minimum absolute atomic E-state index is 0.277. The molecule has 112 valence electrons. The molecule has 0 unspecified atom stereocenters. The number of hydrazone groups is 1. The van der Waals surface area contributed by atoms with Crippen LogP contribution in [-0.2, 0) is 0 Å². The summed E-state index contributed by atoms with van der Waals surface area (Å²) in [5.41, 5.74) is 3.74. The van der Waals surface area contributed by atoms with E-state index in [0.717, 1.165) is 10.0 Å². The molecule has 6 heteroatoms. The van der Waals surface area contributed by atoms with Gasteiger partial charge in [0.25, 0.3) is 5.91 Å². The zero-order chi connectivity index (χ0) is 15.9. The third-order valence-electron chi connectivity index (χ3n) is 2.63. The summed E-state index contributed by atoms with van der Waals surface area (Å²) in [7, 11) is 0. The van der Waals surface area contributed by atoms with Crippen molar-refractivity contribution in [2.24, 2.45) is 5.10 Å². The maximum atomic E-state index is 11.9. The molecule has 0 aliphatic carbocycles. The summed E-state index contributed by atoms with van der Waals surface area (Å²) >= 11 is 15.1. The van der Waals surface area contributed by atoms with E-state index in [1.165, 1.54) is 12.3 Å². The zero-order valence-electron chi connectivity index (χ0n) is 11.3. The van der Waals surface area contributed by atoms with E-state index in [4.69, 9.17) is 23.2 Å². The van der Waals surface area contributed by atoms with E-state index >= 15 is 0 Å². The maximum Gasteiger partial charge on any atom is 0.272 e. The first kappa shape index (κ1) is 16.7. The van der Waals surface area contributed by atoms with Gasteiger partial charge in [0.1, 0.15) is 0 Å².